The molecule has 0 saturated carbocycles. The van der Waals surface area contributed by atoms with Gasteiger partial charge in [0, 0.05) is 12.2 Å². The maximum atomic E-state index is 11.6. The van der Waals surface area contributed by atoms with E-state index in [1.54, 1.807) is 0 Å². The Kier molecular flexibility index (Phi) is 6.19. The fourth-order valence-electron chi connectivity index (χ4n) is 1.39. The highest BCUT2D eigenvalue weighted by Crippen LogP contribution is 2.11. The maximum Gasteiger partial charge on any atom is 0.230 e. The fraction of sp³-hybridized carbons (Fsp3) is 0.385. The van der Waals surface area contributed by atoms with E-state index in [2.05, 4.69) is 11.4 Å². The van der Waals surface area contributed by atoms with E-state index in [0.29, 0.717) is 17.9 Å². The second-order valence-corrected chi connectivity index (χ2v) is 4.77. The van der Waals surface area contributed by atoms with E-state index < -0.39 is 0 Å². The minimum Gasteiger partial charge on any atom is -0.349 e. The van der Waals surface area contributed by atoms with E-state index in [4.69, 9.17) is 5.26 Å². The van der Waals surface area contributed by atoms with Crippen molar-refractivity contribution in [3.05, 3.63) is 35.9 Å². The molecular weight excluding hydrogens is 232 g/mol. The van der Waals surface area contributed by atoms with Gasteiger partial charge in [-0.1, -0.05) is 30.3 Å². The van der Waals surface area contributed by atoms with Gasteiger partial charge in [0.25, 0.3) is 0 Å². The maximum absolute atomic E-state index is 11.6. The molecule has 1 unspecified atom stereocenters. The molecule has 0 aliphatic carbocycles. The van der Waals surface area contributed by atoms with Crippen molar-refractivity contribution in [3.63, 3.8) is 0 Å². The van der Waals surface area contributed by atoms with Crippen LogP contribution in [0, 0.1) is 11.3 Å². The highest BCUT2D eigenvalue weighted by Gasteiger charge is 2.08. The van der Waals surface area contributed by atoms with Gasteiger partial charge in [-0.2, -0.15) is 17.0 Å². The summed E-state index contributed by atoms with van der Waals surface area (Å²) >= 11 is 1.49. The van der Waals surface area contributed by atoms with Crippen molar-refractivity contribution in [3.8, 4) is 6.07 Å². The van der Waals surface area contributed by atoms with Gasteiger partial charge in [0.2, 0.25) is 5.91 Å². The van der Waals surface area contributed by atoms with E-state index in [9.17, 15) is 4.79 Å². The number of benzene rings is 1. The molecule has 90 valence electrons. The van der Waals surface area contributed by atoms with Crippen LogP contribution in [0.4, 0.5) is 0 Å². The predicted molar refractivity (Wildman–Crippen MR) is 70.6 cm³/mol. The normalized spacial score (nSPS) is 11.5. The predicted octanol–water partition coefficient (Wildman–Crippen LogP) is 2.51. The van der Waals surface area contributed by atoms with Crippen LogP contribution in [0.15, 0.2) is 30.3 Å². The van der Waals surface area contributed by atoms with E-state index >= 15 is 0 Å². The summed E-state index contributed by atoms with van der Waals surface area (Å²) in [5.74, 6) is 1.15. The highest BCUT2D eigenvalue weighted by molar-refractivity contribution is 7.99. The number of carbonyl (C=O) groups excluding carboxylic acids is 1. The molecule has 0 aromatic heterocycles. The zero-order valence-electron chi connectivity index (χ0n) is 9.85. The quantitative estimate of drug-likeness (QED) is 0.787. The number of hydrogen-bond donors (Lipinski definition) is 1. The second kappa shape index (κ2) is 7.75. The summed E-state index contributed by atoms with van der Waals surface area (Å²) in [6.07, 6.45) is 0.492. The summed E-state index contributed by atoms with van der Waals surface area (Å²) in [4.78, 5) is 11.6. The number of carbonyl (C=O) groups is 1. The molecule has 0 spiro atoms. The minimum atomic E-state index is 0.0179. The first kappa shape index (κ1) is 13.6. The lowest BCUT2D eigenvalue weighted by Gasteiger charge is -2.13. The number of nitrogens with zero attached hydrogens (tertiary/aromatic N) is 1. The van der Waals surface area contributed by atoms with E-state index in [1.807, 2.05) is 37.3 Å². The molecule has 0 bridgehead atoms. The van der Waals surface area contributed by atoms with Gasteiger partial charge in [-0.3, -0.25) is 4.79 Å². The first-order valence-electron chi connectivity index (χ1n) is 5.53. The van der Waals surface area contributed by atoms with Crippen LogP contribution in [0.3, 0.4) is 0 Å². The third-order valence-electron chi connectivity index (χ3n) is 2.27. The SMILES string of the molecule is CC(NC(=O)CSCCC#N)c1ccccc1. The zero-order chi connectivity index (χ0) is 12.5. The van der Waals surface area contributed by atoms with Crippen molar-refractivity contribution in [2.75, 3.05) is 11.5 Å². The van der Waals surface area contributed by atoms with Crippen molar-refractivity contribution in [2.24, 2.45) is 0 Å². The molecule has 1 atom stereocenters. The molecule has 3 nitrogen and oxygen atoms in total. The second-order valence-electron chi connectivity index (χ2n) is 3.66. The van der Waals surface area contributed by atoms with Gasteiger partial charge in [0.1, 0.15) is 0 Å². The molecule has 0 aliphatic rings. The molecule has 0 saturated heterocycles. The van der Waals surface area contributed by atoms with Crippen LogP contribution in [-0.4, -0.2) is 17.4 Å². The Morgan fingerprint density at radius 1 is 1.47 bits per heavy atom. The van der Waals surface area contributed by atoms with Crippen LogP contribution in [0.2, 0.25) is 0 Å². The van der Waals surface area contributed by atoms with Gasteiger partial charge in [0.05, 0.1) is 17.9 Å². The number of thioether (sulfide) groups is 1. The van der Waals surface area contributed by atoms with Gasteiger partial charge >= 0.3 is 0 Å². The molecule has 0 aliphatic heterocycles. The lowest BCUT2D eigenvalue weighted by molar-refractivity contribution is -0.119. The van der Waals surface area contributed by atoms with Gasteiger partial charge < -0.3 is 5.32 Å². The minimum absolute atomic E-state index is 0.0179. The molecule has 0 fully saturated rings. The van der Waals surface area contributed by atoms with Crippen molar-refractivity contribution in [2.45, 2.75) is 19.4 Å². The summed E-state index contributed by atoms with van der Waals surface area (Å²) in [5.41, 5.74) is 1.10. The standard InChI is InChI=1S/C13H16N2OS/c1-11(12-6-3-2-4-7-12)15-13(16)10-17-9-5-8-14/h2-4,6-7,11H,5,9-10H2,1H3,(H,15,16). The first-order valence-corrected chi connectivity index (χ1v) is 6.68. The third-order valence-corrected chi connectivity index (χ3v) is 3.23. The topological polar surface area (TPSA) is 52.9 Å². The van der Waals surface area contributed by atoms with Crippen molar-refractivity contribution < 1.29 is 4.79 Å². The van der Waals surface area contributed by atoms with Crippen molar-refractivity contribution in [1.29, 1.82) is 5.26 Å². The Morgan fingerprint density at radius 3 is 2.82 bits per heavy atom. The molecule has 1 aromatic carbocycles. The van der Waals surface area contributed by atoms with Crippen LogP contribution in [-0.2, 0) is 4.79 Å². The smallest absolute Gasteiger partial charge is 0.230 e. The number of nitriles is 1. The van der Waals surface area contributed by atoms with Crippen LogP contribution < -0.4 is 5.32 Å². The summed E-state index contributed by atoms with van der Waals surface area (Å²) in [7, 11) is 0. The Hall–Kier alpha value is -1.47. The van der Waals surface area contributed by atoms with Crippen molar-refractivity contribution >= 4 is 17.7 Å². The lowest BCUT2D eigenvalue weighted by atomic mass is 10.1. The average molecular weight is 248 g/mol. The molecular formula is C13H16N2OS. The number of nitrogens with one attached hydrogen (secondary N) is 1. The number of rotatable bonds is 6. The third kappa shape index (κ3) is 5.41. The molecule has 4 heteroatoms. The Balaban J connectivity index is 2.29. The number of hydrogen-bond acceptors (Lipinski definition) is 3. The van der Waals surface area contributed by atoms with Crippen molar-refractivity contribution in [1.82, 2.24) is 5.32 Å². The summed E-state index contributed by atoms with van der Waals surface area (Å²) in [6, 6.07) is 11.9. The van der Waals surface area contributed by atoms with Crippen LogP contribution >= 0.6 is 11.8 Å². The lowest BCUT2D eigenvalue weighted by Crippen LogP contribution is -2.28. The van der Waals surface area contributed by atoms with E-state index in [0.717, 1.165) is 5.56 Å². The Bertz CT molecular complexity index is 386. The van der Waals surface area contributed by atoms with Crippen LogP contribution in [0.1, 0.15) is 24.9 Å². The zero-order valence-corrected chi connectivity index (χ0v) is 10.7. The molecule has 1 rings (SSSR count). The highest BCUT2D eigenvalue weighted by atomic mass is 32.2. The van der Waals surface area contributed by atoms with Gasteiger partial charge in [-0.15, -0.1) is 0 Å². The van der Waals surface area contributed by atoms with Crippen LogP contribution in [0.25, 0.3) is 0 Å². The Morgan fingerprint density at radius 2 is 2.18 bits per heavy atom. The molecule has 0 radical (unpaired) electrons. The molecule has 1 amide bonds. The largest absolute Gasteiger partial charge is 0.349 e. The summed E-state index contributed by atoms with van der Waals surface area (Å²) in [6.45, 7) is 1.97. The molecule has 17 heavy (non-hydrogen) atoms. The molecule has 1 N–H and O–H groups in total. The first-order chi connectivity index (χ1) is 8.24. The summed E-state index contributed by atoms with van der Waals surface area (Å²) < 4.78 is 0. The monoisotopic (exact) mass is 248 g/mol. The van der Waals surface area contributed by atoms with Gasteiger partial charge in [-0.05, 0) is 12.5 Å². The molecule has 0 heterocycles. The van der Waals surface area contributed by atoms with Crippen LogP contribution in [0.5, 0.6) is 0 Å². The fourth-order valence-corrected chi connectivity index (χ4v) is 2.04. The van der Waals surface area contributed by atoms with E-state index in [-0.39, 0.29) is 11.9 Å². The van der Waals surface area contributed by atoms with Gasteiger partial charge in [0.15, 0.2) is 0 Å². The number of amides is 1. The Labute approximate surface area is 106 Å². The van der Waals surface area contributed by atoms with E-state index in [1.165, 1.54) is 11.8 Å². The average Bonchev–Trinajstić information content (AvgIpc) is 2.36. The van der Waals surface area contributed by atoms with Gasteiger partial charge in [-0.25, -0.2) is 0 Å². The molecule has 1 aromatic rings. The summed E-state index contributed by atoms with van der Waals surface area (Å²) in [5, 5.41) is 11.3.